The maximum atomic E-state index is 13.9. The minimum atomic E-state index is -1.62. The third kappa shape index (κ3) is 2.07. The number of amides is 2. The lowest BCUT2D eigenvalue weighted by atomic mass is 9.47. The number of imide groups is 1. The van der Waals surface area contributed by atoms with Gasteiger partial charge in [-0.1, -0.05) is 66.2 Å². The van der Waals surface area contributed by atoms with Crippen LogP contribution in [-0.2, 0) is 19.8 Å². The van der Waals surface area contributed by atoms with Crippen LogP contribution in [0.25, 0.3) is 0 Å². The van der Waals surface area contributed by atoms with Crippen molar-refractivity contribution < 1.29 is 19.5 Å². The summed E-state index contributed by atoms with van der Waals surface area (Å²) in [5, 5.41) is 11.1. The largest absolute Gasteiger partial charge is 0.480 e. The summed E-state index contributed by atoms with van der Waals surface area (Å²) in [6.45, 7) is 1.84. The predicted octanol–water partition coefficient (Wildman–Crippen LogP) is 4.28. The Morgan fingerprint density at radius 3 is 2.09 bits per heavy atom. The molecule has 2 bridgehead atoms. The van der Waals surface area contributed by atoms with Gasteiger partial charge in [-0.05, 0) is 46.9 Å². The SMILES string of the molecule is Cc1ccc(N2C(=O)C3[C@H](C2=O)C2c4ccccc4C3(C(=O)O)c3ccccc32)cc1Cl. The molecule has 0 aromatic heterocycles. The van der Waals surface area contributed by atoms with Gasteiger partial charge in [-0.2, -0.15) is 0 Å². The summed E-state index contributed by atoms with van der Waals surface area (Å²) in [6.07, 6.45) is 0. The van der Waals surface area contributed by atoms with Gasteiger partial charge in [-0.15, -0.1) is 0 Å². The quantitative estimate of drug-likeness (QED) is 0.600. The monoisotopic (exact) mass is 443 g/mol. The van der Waals surface area contributed by atoms with Crippen LogP contribution in [0.4, 0.5) is 5.69 Å². The number of benzene rings is 3. The maximum absolute atomic E-state index is 13.9. The Balaban J connectivity index is 1.66. The number of carboxylic acid groups (broad SMARTS) is 1. The lowest BCUT2D eigenvalue weighted by Crippen LogP contribution is -2.57. The Bertz CT molecular complexity index is 1320. The van der Waals surface area contributed by atoms with E-state index in [4.69, 9.17) is 11.6 Å². The average molecular weight is 444 g/mol. The highest BCUT2D eigenvalue weighted by atomic mass is 35.5. The third-order valence-corrected chi connectivity index (χ3v) is 7.78. The molecule has 7 rings (SSSR count). The van der Waals surface area contributed by atoms with Gasteiger partial charge < -0.3 is 5.11 Å². The maximum Gasteiger partial charge on any atom is 0.319 e. The first-order chi connectivity index (χ1) is 15.4. The van der Waals surface area contributed by atoms with Crippen LogP contribution in [0.2, 0.25) is 5.02 Å². The van der Waals surface area contributed by atoms with E-state index in [1.165, 1.54) is 0 Å². The number of carboxylic acids is 1. The minimum absolute atomic E-state index is 0.373. The van der Waals surface area contributed by atoms with Crippen molar-refractivity contribution in [1.29, 1.82) is 0 Å². The highest BCUT2D eigenvalue weighted by molar-refractivity contribution is 6.32. The summed E-state index contributed by atoms with van der Waals surface area (Å²) in [5.41, 5.74) is 2.39. The number of rotatable bonds is 2. The summed E-state index contributed by atoms with van der Waals surface area (Å²) in [7, 11) is 0. The van der Waals surface area contributed by atoms with Crippen LogP contribution in [-0.4, -0.2) is 22.9 Å². The lowest BCUT2D eigenvalue weighted by Gasteiger charge is -2.51. The van der Waals surface area contributed by atoms with Crippen LogP contribution in [0.15, 0.2) is 66.7 Å². The first kappa shape index (κ1) is 19.3. The van der Waals surface area contributed by atoms with E-state index >= 15 is 0 Å². The van der Waals surface area contributed by atoms with E-state index in [1.807, 2.05) is 31.2 Å². The van der Waals surface area contributed by atoms with E-state index < -0.39 is 29.1 Å². The number of carbonyl (C=O) groups is 3. The molecule has 6 heteroatoms. The summed E-state index contributed by atoms with van der Waals surface area (Å²) in [4.78, 5) is 41.9. The van der Waals surface area contributed by atoms with Gasteiger partial charge in [0.1, 0.15) is 5.41 Å². The fourth-order valence-electron chi connectivity index (χ4n) is 6.11. The van der Waals surface area contributed by atoms with E-state index in [1.54, 1.807) is 42.5 Å². The van der Waals surface area contributed by atoms with Gasteiger partial charge in [0.2, 0.25) is 11.8 Å². The van der Waals surface area contributed by atoms with Gasteiger partial charge in [0.25, 0.3) is 0 Å². The van der Waals surface area contributed by atoms with Crippen molar-refractivity contribution in [3.8, 4) is 0 Å². The van der Waals surface area contributed by atoms with Crippen LogP contribution >= 0.6 is 11.6 Å². The Morgan fingerprint density at radius 2 is 1.53 bits per heavy atom. The van der Waals surface area contributed by atoms with Crippen molar-refractivity contribution in [2.24, 2.45) is 11.8 Å². The average Bonchev–Trinajstić information content (AvgIpc) is 3.06. The summed E-state index contributed by atoms with van der Waals surface area (Å²) >= 11 is 6.29. The van der Waals surface area contributed by atoms with E-state index in [9.17, 15) is 19.5 Å². The van der Waals surface area contributed by atoms with Crippen molar-refractivity contribution in [1.82, 2.24) is 0 Å². The van der Waals surface area contributed by atoms with Crippen LogP contribution in [0.3, 0.4) is 0 Å². The van der Waals surface area contributed by atoms with E-state index in [0.717, 1.165) is 21.6 Å². The second-order valence-corrected chi connectivity index (χ2v) is 9.12. The summed E-state index contributed by atoms with van der Waals surface area (Å²) in [6, 6.07) is 19.7. The van der Waals surface area contributed by atoms with Crippen LogP contribution in [0.5, 0.6) is 0 Å². The second-order valence-electron chi connectivity index (χ2n) is 8.71. The fraction of sp³-hybridized carbons (Fsp3) is 0.192. The predicted molar refractivity (Wildman–Crippen MR) is 119 cm³/mol. The third-order valence-electron chi connectivity index (χ3n) is 7.37. The molecule has 4 aliphatic rings. The molecule has 1 N–H and O–H groups in total. The molecular weight excluding hydrogens is 426 g/mol. The van der Waals surface area contributed by atoms with Crippen LogP contribution < -0.4 is 4.90 Å². The van der Waals surface area contributed by atoms with Gasteiger partial charge >= 0.3 is 5.97 Å². The standard InChI is InChI=1S/C26H18ClNO4/c1-13-10-11-14(12-19(13)27)28-23(29)21-20-15-6-2-4-8-17(15)26(25(31)32,22(21)24(28)30)18-9-5-3-7-16(18)20/h2-12,20-22H,1H3,(H,31,32)/t20?,21-,22?,26?/m1/s1. The number of nitrogens with zero attached hydrogens (tertiary/aromatic N) is 1. The molecule has 0 saturated carbocycles. The summed E-state index contributed by atoms with van der Waals surface area (Å²) < 4.78 is 0. The lowest BCUT2D eigenvalue weighted by molar-refractivity contribution is -0.149. The summed E-state index contributed by atoms with van der Waals surface area (Å²) in [5.74, 6) is -4.17. The molecule has 1 saturated heterocycles. The topological polar surface area (TPSA) is 74.7 Å². The molecule has 1 unspecified atom stereocenters. The van der Waals surface area contributed by atoms with Gasteiger partial charge in [0.15, 0.2) is 0 Å². The molecule has 5 nitrogen and oxygen atoms in total. The number of hydrogen-bond donors (Lipinski definition) is 1. The van der Waals surface area contributed by atoms with Crippen LogP contribution in [0, 0.1) is 18.8 Å². The van der Waals surface area contributed by atoms with E-state index in [2.05, 4.69) is 0 Å². The zero-order valence-electron chi connectivity index (χ0n) is 17.1. The number of aryl methyl sites for hydroxylation is 1. The van der Waals surface area contributed by atoms with Gasteiger partial charge in [0.05, 0.1) is 17.5 Å². The molecule has 32 heavy (non-hydrogen) atoms. The molecule has 0 spiro atoms. The first-order valence-corrected chi connectivity index (χ1v) is 10.8. The Labute approximate surface area is 189 Å². The number of anilines is 1. The Hall–Kier alpha value is -3.44. The van der Waals surface area contributed by atoms with Crippen molar-refractivity contribution in [3.63, 3.8) is 0 Å². The van der Waals surface area contributed by atoms with Crippen molar-refractivity contribution >= 4 is 35.1 Å². The van der Waals surface area contributed by atoms with E-state index in [0.29, 0.717) is 21.8 Å². The molecule has 0 radical (unpaired) electrons. The normalized spacial score (nSPS) is 27.2. The van der Waals surface area contributed by atoms with Crippen molar-refractivity contribution in [2.45, 2.75) is 18.3 Å². The molecule has 3 aromatic carbocycles. The van der Waals surface area contributed by atoms with Gasteiger partial charge in [-0.25, -0.2) is 4.90 Å². The molecule has 3 aliphatic carbocycles. The first-order valence-electron chi connectivity index (χ1n) is 10.4. The molecule has 158 valence electrons. The van der Waals surface area contributed by atoms with Gasteiger partial charge in [-0.3, -0.25) is 14.4 Å². The smallest absolute Gasteiger partial charge is 0.319 e. The highest BCUT2D eigenvalue weighted by Gasteiger charge is 2.71. The zero-order chi connectivity index (χ0) is 22.4. The number of hydrogen-bond acceptors (Lipinski definition) is 3. The van der Waals surface area contributed by atoms with Crippen molar-refractivity contribution in [3.05, 3.63) is 99.6 Å². The second kappa shape index (κ2) is 6.30. The molecule has 1 heterocycles. The molecule has 2 amide bonds. The minimum Gasteiger partial charge on any atom is -0.480 e. The Morgan fingerprint density at radius 1 is 0.938 bits per heavy atom. The Kier molecular flexibility index (Phi) is 3.79. The van der Waals surface area contributed by atoms with E-state index in [-0.39, 0.29) is 11.8 Å². The number of aliphatic carboxylic acids is 1. The molecule has 1 aliphatic heterocycles. The highest BCUT2D eigenvalue weighted by Crippen LogP contribution is 2.64. The fourth-order valence-corrected chi connectivity index (χ4v) is 6.29. The number of carbonyl (C=O) groups excluding carboxylic acids is 2. The van der Waals surface area contributed by atoms with Gasteiger partial charge in [0, 0.05) is 10.9 Å². The van der Waals surface area contributed by atoms with Crippen molar-refractivity contribution in [2.75, 3.05) is 4.90 Å². The molecule has 3 aromatic rings. The number of halogens is 1. The molecule has 2 atom stereocenters. The molecule has 1 fully saturated rings. The van der Waals surface area contributed by atoms with Crippen LogP contribution in [0.1, 0.15) is 33.7 Å². The zero-order valence-corrected chi connectivity index (χ0v) is 17.8. The molecular formula is C26H18ClNO4.